The molecule has 8 heteroatoms. The van der Waals surface area contributed by atoms with Crippen molar-refractivity contribution in [2.24, 2.45) is 0 Å². The van der Waals surface area contributed by atoms with Crippen molar-refractivity contribution in [3.8, 4) is 0 Å². The lowest BCUT2D eigenvalue weighted by molar-refractivity contribution is -0.127. The summed E-state index contributed by atoms with van der Waals surface area (Å²) in [6.45, 7) is 7.43. The van der Waals surface area contributed by atoms with Gasteiger partial charge in [0.05, 0.1) is 5.75 Å². The number of benzene rings is 1. The molecular formula is C16H23N5OS2. The van der Waals surface area contributed by atoms with E-state index in [1.165, 1.54) is 39.3 Å². The molecule has 0 aliphatic heterocycles. The van der Waals surface area contributed by atoms with Crippen LogP contribution in [0.3, 0.4) is 0 Å². The van der Waals surface area contributed by atoms with E-state index in [4.69, 9.17) is 5.84 Å². The van der Waals surface area contributed by atoms with Gasteiger partial charge in [0, 0.05) is 18.8 Å². The van der Waals surface area contributed by atoms with E-state index in [1.54, 1.807) is 4.90 Å². The van der Waals surface area contributed by atoms with Gasteiger partial charge in [-0.2, -0.15) is 0 Å². The second-order valence-corrected chi connectivity index (χ2v) is 7.15. The van der Waals surface area contributed by atoms with E-state index in [0.29, 0.717) is 29.2 Å². The molecule has 0 radical (unpaired) electrons. The summed E-state index contributed by atoms with van der Waals surface area (Å²) in [6, 6.07) is 8.36. The quantitative estimate of drug-likeness (QED) is 0.572. The highest BCUT2D eigenvalue weighted by Gasteiger charge is 2.15. The number of aromatic nitrogens is 3. The number of hydrogen-bond donors (Lipinski definition) is 1. The fourth-order valence-corrected chi connectivity index (χ4v) is 3.72. The Morgan fingerprint density at radius 2 is 1.71 bits per heavy atom. The van der Waals surface area contributed by atoms with Gasteiger partial charge in [-0.1, -0.05) is 53.4 Å². The molecule has 24 heavy (non-hydrogen) atoms. The first-order valence-electron chi connectivity index (χ1n) is 7.84. The number of carbonyl (C=O) groups is 1. The van der Waals surface area contributed by atoms with Gasteiger partial charge in [-0.25, -0.2) is 4.68 Å². The molecule has 0 spiro atoms. The van der Waals surface area contributed by atoms with Crippen molar-refractivity contribution in [1.82, 2.24) is 19.8 Å². The molecule has 1 aromatic carbocycles. The maximum atomic E-state index is 12.0. The number of hydrogen-bond acceptors (Lipinski definition) is 6. The lowest BCUT2D eigenvalue weighted by Gasteiger charge is -2.17. The summed E-state index contributed by atoms with van der Waals surface area (Å²) in [6.07, 6.45) is 0. The van der Waals surface area contributed by atoms with Crippen LogP contribution in [0.4, 0.5) is 0 Å². The van der Waals surface area contributed by atoms with Gasteiger partial charge in [0.25, 0.3) is 0 Å². The average molecular weight is 366 g/mol. The number of nitrogens with zero attached hydrogens (tertiary/aromatic N) is 4. The Morgan fingerprint density at radius 3 is 2.29 bits per heavy atom. The molecule has 0 bridgehead atoms. The minimum Gasteiger partial charge on any atom is -0.343 e. The zero-order chi connectivity index (χ0) is 17.5. The van der Waals surface area contributed by atoms with Crippen molar-refractivity contribution in [2.75, 3.05) is 24.7 Å². The third-order valence-corrected chi connectivity index (χ3v) is 5.50. The molecule has 1 aromatic heterocycles. The molecule has 1 amide bonds. The highest BCUT2D eigenvalue weighted by molar-refractivity contribution is 8.00. The Balaban J connectivity index is 1.91. The Bertz CT molecular complexity index is 668. The van der Waals surface area contributed by atoms with E-state index in [1.807, 2.05) is 13.8 Å². The number of thioether (sulfide) groups is 2. The largest absolute Gasteiger partial charge is 0.343 e. The summed E-state index contributed by atoms with van der Waals surface area (Å²) in [7, 11) is 0. The van der Waals surface area contributed by atoms with Crippen LogP contribution < -0.4 is 5.84 Å². The van der Waals surface area contributed by atoms with Crippen LogP contribution in [0.15, 0.2) is 34.6 Å². The first-order chi connectivity index (χ1) is 11.5. The third-order valence-electron chi connectivity index (χ3n) is 3.56. The Kier molecular flexibility index (Phi) is 6.99. The molecule has 0 aliphatic carbocycles. The monoisotopic (exact) mass is 365 g/mol. The van der Waals surface area contributed by atoms with Gasteiger partial charge in [-0.3, -0.25) is 4.79 Å². The predicted octanol–water partition coefficient (Wildman–Crippen LogP) is 2.55. The molecule has 0 unspecified atom stereocenters. The van der Waals surface area contributed by atoms with Crippen molar-refractivity contribution < 1.29 is 4.79 Å². The summed E-state index contributed by atoms with van der Waals surface area (Å²) < 4.78 is 1.46. The van der Waals surface area contributed by atoms with Crippen molar-refractivity contribution >= 4 is 29.4 Å². The van der Waals surface area contributed by atoms with Gasteiger partial charge in [-0.05, 0) is 26.3 Å². The van der Waals surface area contributed by atoms with Crippen LogP contribution in [-0.2, 0) is 10.5 Å². The molecule has 1 heterocycles. The molecule has 2 N–H and O–H groups in total. The highest BCUT2D eigenvalue weighted by atomic mass is 32.2. The Hall–Kier alpha value is -1.67. The smallest absolute Gasteiger partial charge is 0.233 e. The molecular weight excluding hydrogens is 342 g/mol. The average Bonchev–Trinajstić information content (AvgIpc) is 2.93. The van der Waals surface area contributed by atoms with Crippen LogP contribution in [0.2, 0.25) is 0 Å². The summed E-state index contributed by atoms with van der Waals surface area (Å²) in [4.78, 5) is 13.8. The van der Waals surface area contributed by atoms with Gasteiger partial charge in [0.1, 0.15) is 0 Å². The topological polar surface area (TPSA) is 77.0 Å². The Morgan fingerprint density at radius 1 is 1.12 bits per heavy atom. The summed E-state index contributed by atoms with van der Waals surface area (Å²) in [5, 5.41) is 9.41. The highest BCUT2D eigenvalue weighted by Crippen LogP contribution is 2.24. The van der Waals surface area contributed by atoms with Gasteiger partial charge in [-0.15, -0.1) is 10.2 Å². The van der Waals surface area contributed by atoms with E-state index in [2.05, 4.69) is 41.4 Å². The third kappa shape index (κ3) is 4.91. The summed E-state index contributed by atoms with van der Waals surface area (Å²) in [5.74, 6) is 7.22. The van der Waals surface area contributed by atoms with Crippen LogP contribution in [0, 0.1) is 6.92 Å². The molecule has 0 saturated heterocycles. The molecule has 0 saturated carbocycles. The SMILES string of the molecule is CCN(CC)C(=O)CSc1nnc(SCc2ccc(C)cc2)n1N. The first kappa shape index (κ1) is 18.7. The number of nitrogen functional groups attached to an aromatic ring is 1. The van der Waals surface area contributed by atoms with E-state index in [-0.39, 0.29) is 5.91 Å². The normalized spacial score (nSPS) is 10.8. The van der Waals surface area contributed by atoms with Crippen molar-refractivity contribution in [1.29, 1.82) is 0 Å². The van der Waals surface area contributed by atoms with Crippen LogP contribution >= 0.6 is 23.5 Å². The van der Waals surface area contributed by atoms with Crippen LogP contribution in [-0.4, -0.2) is 44.5 Å². The molecule has 6 nitrogen and oxygen atoms in total. The maximum Gasteiger partial charge on any atom is 0.233 e. The second-order valence-electron chi connectivity index (χ2n) is 5.26. The Labute approximate surface area is 151 Å². The van der Waals surface area contributed by atoms with E-state index in [9.17, 15) is 4.79 Å². The standard InChI is InChI=1S/C16H23N5OS2/c1-4-20(5-2)14(22)11-24-16-19-18-15(21(16)17)23-10-13-8-6-12(3)7-9-13/h6-9H,4-5,10-11,17H2,1-3H3. The number of nitrogens with two attached hydrogens (primary N) is 1. The number of rotatable bonds is 8. The molecule has 0 fully saturated rings. The van der Waals surface area contributed by atoms with Crippen LogP contribution in [0.5, 0.6) is 0 Å². The number of amides is 1. The molecule has 130 valence electrons. The minimum absolute atomic E-state index is 0.0851. The minimum atomic E-state index is 0.0851. The maximum absolute atomic E-state index is 12.0. The van der Waals surface area contributed by atoms with Gasteiger partial charge in [0.2, 0.25) is 16.2 Å². The van der Waals surface area contributed by atoms with Crippen molar-refractivity contribution in [2.45, 2.75) is 36.8 Å². The zero-order valence-electron chi connectivity index (χ0n) is 14.2. The molecule has 2 rings (SSSR count). The number of aryl methyl sites for hydroxylation is 1. The first-order valence-corrected chi connectivity index (χ1v) is 9.81. The van der Waals surface area contributed by atoms with Crippen molar-refractivity contribution in [3.05, 3.63) is 35.4 Å². The van der Waals surface area contributed by atoms with Crippen LogP contribution in [0.25, 0.3) is 0 Å². The summed E-state index contributed by atoms with van der Waals surface area (Å²) >= 11 is 2.85. The fourth-order valence-electron chi connectivity index (χ4n) is 2.09. The lowest BCUT2D eigenvalue weighted by Crippen LogP contribution is -2.32. The van der Waals surface area contributed by atoms with Crippen molar-refractivity contribution in [3.63, 3.8) is 0 Å². The van der Waals surface area contributed by atoms with E-state index >= 15 is 0 Å². The molecule has 2 aromatic rings. The van der Waals surface area contributed by atoms with Gasteiger partial charge < -0.3 is 10.7 Å². The number of carbonyl (C=O) groups excluding carboxylic acids is 1. The molecule has 0 atom stereocenters. The lowest BCUT2D eigenvalue weighted by atomic mass is 10.2. The molecule has 0 aliphatic rings. The summed E-state index contributed by atoms with van der Waals surface area (Å²) in [5.41, 5.74) is 2.45. The van der Waals surface area contributed by atoms with E-state index < -0.39 is 0 Å². The second kappa shape index (κ2) is 8.98. The fraction of sp³-hybridized carbons (Fsp3) is 0.438. The zero-order valence-corrected chi connectivity index (χ0v) is 15.9. The predicted molar refractivity (Wildman–Crippen MR) is 99.6 cm³/mol. The van der Waals surface area contributed by atoms with E-state index in [0.717, 1.165) is 5.75 Å². The van der Waals surface area contributed by atoms with Gasteiger partial charge >= 0.3 is 0 Å². The van der Waals surface area contributed by atoms with Crippen LogP contribution in [0.1, 0.15) is 25.0 Å². The van der Waals surface area contributed by atoms with Gasteiger partial charge in [0.15, 0.2) is 0 Å².